The van der Waals surface area contributed by atoms with E-state index >= 15 is 0 Å². The zero-order valence-electron chi connectivity index (χ0n) is 27.7. The van der Waals surface area contributed by atoms with Crippen LogP contribution in [0.4, 0.5) is 0 Å². The minimum Gasteiger partial charge on any atom is -0.454 e. The summed E-state index contributed by atoms with van der Waals surface area (Å²) < 4.78 is 11.7. The van der Waals surface area contributed by atoms with Crippen molar-refractivity contribution in [3.05, 3.63) is 187 Å². The summed E-state index contributed by atoms with van der Waals surface area (Å²) >= 11 is 0. The van der Waals surface area contributed by atoms with Crippen molar-refractivity contribution in [3.63, 3.8) is 0 Å². The van der Waals surface area contributed by atoms with E-state index in [-0.39, 0.29) is 0 Å². The van der Waals surface area contributed by atoms with Gasteiger partial charge in [0, 0.05) is 56.9 Å². The molecular weight excluding hydrogens is 639 g/mol. The quantitative estimate of drug-likeness (QED) is 0.184. The third-order valence-electron chi connectivity index (χ3n) is 11.2. The second-order valence-electron chi connectivity index (χ2n) is 13.6. The van der Waals surface area contributed by atoms with Crippen molar-refractivity contribution in [3.8, 4) is 34.3 Å². The molecule has 5 aromatic heterocycles. The third-order valence-corrected chi connectivity index (χ3v) is 11.2. The van der Waals surface area contributed by atoms with E-state index in [0.29, 0.717) is 0 Å². The van der Waals surface area contributed by atoms with E-state index < -0.39 is 5.41 Å². The van der Waals surface area contributed by atoms with E-state index in [0.717, 1.165) is 84.0 Å². The Hall–Kier alpha value is -7.05. The number of aromatic nitrogens is 5. The molecule has 0 N–H and O–H groups in total. The molecule has 1 aliphatic carbocycles. The normalized spacial score (nSPS) is 13.7. The number of fused-ring (bicyclic) bond motifs is 15. The largest absolute Gasteiger partial charge is 0.454 e. The van der Waals surface area contributed by atoms with Crippen molar-refractivity contribution in [1.82, 2.24) is 24.1 Å². The van der Waals surface area contributed by atoms with E-state index in [1.54, 1.807) is 0 Å². The Bertz CT molecular complexity index is 3040. The van der Waals surface area contributed by atoms with Crippen LogP contribution in [-0.4, -0.2) is 24.1 Å². The Morgan fingerprint density at radius 1 is 0.462 bits per heavy atom. The van der Waals surface area contributed by atoms with Gasteiger partial charge in [-0.2, -0.15) is 0 Å². The van der Waals surface area contributed by atoms with Gasteiger partial charge in [0.25, 0.3) is 0 Å². The first-order valence-corrected chi connectivity index (χ1v) is 17.5. The smallest absolute Gasteiger partial charge is 0.156 e. The molecule has 6 heterocycles. The highest BCUT2D eigenvalue weighted by atomic mass is 16.5. The predicted molar refractivity (Wildman–Crippen MR) is 206 cm³/mol. The van der Waals surface area contributed by atoms with Crippen LogP contribution >= 0.6 is 0 Å². The second-order valence-corrected chi connectivity index (χ2v) is 13.6. The van der Waals surface area contributed by atoms with Gasteiger partial charge in [-0.1, -0.05) is 78.9 Å². The van der Waals surface area contributed by atoms with Crippen molar-refractivity contribution in [1.29, 1.82) is 0 Å². The SMILES string of the molecule is c1ccc2c(c1)Oc1c(-n3c4ccccc4c4cc(-n5c6ccccc6c6ccncc65)ccc43)cccc1C21c2cccnc2-c2ncccc21. The van der Waals surface area contributed by atoms with Gasteiger partial charge in [-0.15, -0.1) is 0 Å². The Morgan fingerprint density at radius 3 is 1.90 bits per heavy atom. The molecule has 0 saturated carbocycles. The fourth-order valence-electron chi connectivity index (χ4n) is 9.20. The maximum Gasteiger partial charge on any atom is 0.156 e. The number of nitrogens with zero attached hydrogens (tertiary/aromatic N) is 5. The first-order valence-electron chi connectivity index (χ1n) is 17.5. The van der Waals surface area contributed by atoms with Crippen molar-refractivity contribution >= 4 is 43.6 Å². The second kappa shape index (κ2) is 10.0. The third kappa shape index (κ3) is 3.36. The molecule has 52 heavy (non-hydrogen) atoms. The summed E-state index contributed by atoms with van der Waals surface area (Å²) in [6.45, 7) is 0. The maximum atomic E-state index is 7.05. The average Bonchev–Trinajstić information content (AvgIpc) is 3.82. The molecule has 6 heteroatoms. The van der Waals surface area contributed by atoms with Gasteiger partial charge in [0.1, 0.15) is 5.75 Å². The standard InChI is InChI=1S/C46H27N5O/c1-4-16-37-29(10-1)31-22-25-47-27-41(31)50(37)28-20-21-39-32(26-28)30-11-2-5-17-38(30)51(39)40-18-7-13-36-45(40)52-42-19-6-3-12-33(42)46(36)34-14-8-23-48-43(34)44-35(46)15-9-24-49-44/h1-27H. The Kier molecular flexibility index (Phi) is 5.34. The van der Waals surface area contributed by atoms with E-state index in [9.17, 15) is 0 Å². The number of hydrogen-bond donors (Lipinski definition) is 0. The van der Waals surface area contributed by atoms with E-state index in [1.807, 2.05) is 36.9 Å². The summed E-state index contributed by atoms with van der Waals surface area (Å²) in [7, 11) is 0. The van der Waals surface area contributed by atoms with Crippen molar-refractivity contribution in [2.45, 2.75) is 5.41 Å². The van der Waals surface area contributed by atoms with Crippen LogP contribution in [0.3, 0.4) is 0 Å². The molecule has 0 amide bonds. The molecule has 6 nitrogen and oxygen atoms in total. The van der Waals surface area contributed by atoms with E-state index in [4.69, 9.17) is 14.7 Å². The predicted octanol–water partition coefficient (Wildman–Crippen LogP) is 10.5. The molecule has 0 radical (unpaired) electrons. The van der Waals surface area contributed by atoms with Crippen LogP contribution in [0.5, 0.6) is 11.5 Å². The van der Waals surface area contributed by atoms with Gasteiger partial charge in [-0.3, -0.25) is 15.0 Å². The first-order chi connectivity index (χ1) is 25.8. The summed E-state index contributed by atoms with van der Waals surface area (Å²) in [6.07, 6.45) is 7.56. The molecule has 2 aliphatic rings. The van der Waals surface area contributed by atoms with Crippen LogP contribution in [0.1, 0.15) is 22.3 Å². The Morgan fingerprint density at radius 2 is 1.10 bits per heavy atom. The van der Waals surface area contributed by atoms with Gasteiger partial charge in [0.15, 0.2) is 5.75 Å². The molecule has 0 fully saturated rings. The lowest BCUT2D eigenvalue weighted by Crippen LogP contribution is -2.32. The van der Waals surface area contributed by atoms with Crippen molar-refractivity contribution in [2.24, 2.45) is 0 Å². The molecular formula is C46H27N5O. The number of ether oxygens (including phenoxy) is 1. The number of pyridine rings is 3. The highest BCUT2D eigenvalue weighted by Gasteiger charge is 2.52. The fourth-order valence-corrected chi connectivity index (χ4v) is 9.20. The lowest BCUT2D eigenvalue weighted by Gasteiger charge is -2.39. The van der Waals surface area contributed by atoms with Gasteiger partial charge >= 0.3 is 0 Å². The summed E-state index contributed by atoms with van der Waals surface area (Å²) in [6, 6.07) is 49.6. The van der Waals surface area contributed by atoms with Crippen LogP contribution in [0.25, 0.3) is 66.4 Å². The Labute approximate surface area is 297 Å². The molecule has 1 spiro atoms. The van der Waals surface area contributed by atoms with Crippen LogP contribution in [0, 0.1) is 0 Å². The fraction of sp³-hybridized carbons (Fsp3) is 0.0217. The molecule has 242 valence electrons. The van der Waals surface area contributed by atoms with Gasteiger partial charge in [0.2, 0.25) is 0 Å². The molecule has 0 atom stereocenters. The molecule has 12 rings (SSSR count). The van der Waals surface area contributed by atoms with Crippen molar-refractivity contribution in [2.75, 3.05) is 0 Å². The topological polar surface area (TPSA) is 57.8 Å². The van der Waals surface area contributed by atoms with Gasteiger partial charge < -0.3 is 13.9 Å². The molecule has 5 aromatic carbocycles. The highest BCUT2D eigenvalue weighted by Crippen LogP contribution is 2.62. The highest BCUT2D eigenvalue weighted by molar-refractivity contribution is 6.12. The summed E-state index contributed by atoms with van der Waals surface area (Å²) in [5.41, 5.74) is 12.1. The molecule has 0 bridgehead atoms. The Balaban J connectivity index is 1.16. The molecule has 0 saturated heterocycles. The van der Waals surface area contributed by atoms with Gasteiger partial charge in [-0.25, -0.2) is 0 Å². The minimum absolute atomic E-state index is 0.649. The molecule has 10 aromatic rings. The van der Waals surface area contributed by atoms with Crippen LogP contribution in [0.2, 0.25) is 0 Å². The van der Waals surface area contributed by atoms with Crippen LogP contribution in [-0.2, 0) is 5.41 Å². The summed E-state index contributed by atoms with van der Waals surface area (Å²) in [4.78, 5) is 14.3. The number of hydrogen-bond acceptors (Lipinski definition) is 4. The lowest BCUT2D eigenvalue weighted by atomic mass is 9.66. The number of para-hydroxylation sites is 4. The van der Waals surface area contributed by atoms with Crippen LogP contribution < -0.4 is 4.74 Å². The van der Waals surface area contributed by atoms with Gasteiger partial charge in [0.05, 0.1) is 50.8 Å². The zero-order valence-corrected chi connectivity index (χ0v) is 27.7. The maximum absolute atomic E-state index is 7.05. The average molecular weight is 666 g/mol. The monoisotopic (exact) mass is 665 g/mol. The first kappa shape index (κ1) is 27.7. The summed E-state index contributed by atoms with van der Waals surface area (Å²) in [5, 5.41) is 4.74. The minimum atomic E-state index is -0.649. The van der Waals surface area contributed by atoms with Crippen molar-refractivity contribution < 1.29 is 4.74 Å². The number of benzene rings is 5. The molecule has 1 aliphatic heterocycles. The summed E-state index contributed by atoms with van der Waals surface area (Å²) in [5.74, 6) is 1.66. The lowest BCUT2D eigenvalue weighted by molar-refractivity contribution is 0.434. The van der Waals surface area contributed by atoms with E-state index in [1.165, 1.54) is 16.2 Å². The van der Waals surface area contributed by atoms with E-state index in [2.05, 4.69) is 142 Å². The van der Waals surface area contributed by atoms with Gasteiger partial charge in [-0.05, 0) is 71.8 Å². The number of rotatable bonds is 2. The zero-order chi connectivity index (χ0) is 34.0. The van der Waals surface area contributed by atoms with Crippen LogP contribution in [0.15, 0.2) is 164 Å². The molecule has 0 unspecified atom stereocenters.